The first-order valence-electron chi connectivity index (χ1n) is 4.85. The fourth-order valence-corrected chi connectivity index (χ4v) is 1.37. The van der Waals surface area contributed by atoms with Crippen LogP contribution in [0.2, 0.25) is 0 Å². The van der Waals surface area contributed by atoms with Gasteiger partial charge >= 0.3 is 6.03 Å². The number of hydrogen-bond acceptors (Lipinski definition) is 2. The summed E-state index contributed by atoms with van der Waals surface area (Å²) in [6, 6.07) is 0.0260. The summed E-state index contributed by atoms with van der Waals surface area (Å²) >= 11 is 5.29. The van der Waals surface area contributed by atoms with Crippen LogP contribution in [0.5, 0.6) is 0 Å². The summed E-state index contributed by atoms with van der Waals surface area (Å²) in [6.45, 7) is 2.71. The molecule has 3 amide bonds. The normalized spacial score (nSPS) is 15.0. The van der Waals surface area contributed by atoms with Gasteiger partial charge in [-0.1, -0.05) is 6.92 Å². The second kappa shape index (κ2) is 5.20. The van der Waals surface area contributed by atoms with E-state index in [1.807, 2.05) is 6.92 Å². The predicted octanol–water partition coefficient (Wildman–Crippen LogP) is 1.34. The first kappa shape index (κ1) is 11.3. The number of nitrogens with zero attached hydrogens (tertiary/aromatic N) is 1. The highest BCUT2D eigenvalue weighted by Crippen LogP contribution is 2.26. The Morgan fingerprint density at radius 3 is 2.57 bits per heavy atom. The summed E-state index contributed by atoms with van der Waals surface area (Å²) in [5, 5.41) is 2.25. The largest absolute Gasteiger partial charge is 0.324 e. The zero-order valence-corrected chi connectivity index (χ0v) is 9.01. The van der Waals surface area contributed by atoms with Crippen molar-refractivity contribution in [3.63, 3.8) is 0 Å². The lowest BCUT2D eigenvalue weighted by molar-refractivity contribution is -0.117. The number of hydrogen-bond donors (Lipinski definition) is 1. The van der Waals surface area contributed by atoms with Crippen molar-refractivity contribution in [3.8, 4) is 0 Å². The van der Waals surface area contributed by atoms with Crippen LogP contribution in [0.15, 0.2) is 0 Å². The third-order valence-corrected chi connectivity index (χ3v) is 2.32. The molecule has 0 aromatic carbocycles. The van der Waals surface area contributed by atoms with Crippen molar-refractivity contribution in [2.24, 2.45) is 0 Å². The van der Waals surface area contributed by atoms with E-state index < -0.39 is 5.91 Å². The van der Waals surface area contributed by atoms with E-state index in [4.69, 9.17) is 11.6 Å². The zero-order valence-electron chi connectivity index (χ0n) is 8.25. The fourth-order valence-electron chi connectivity index (χ4n) is 1.30. The minimum Gasteiger partial charge on any atom is -0.321 e. The van der Waals surface area contributed by atoms with Crippen LogP contribution in [-0.4, -0.2) is 35.3 Å². The molecule has 4 nitrogen and oxygen atoms in total. The van der Waals surface area contributed by atoms with Crippen molar-refractivity contribution < 1.29 is 9.59 Å². The first-order valence-corrected chi connectivity index (χ1v) is 5.39. The van der Waals surface area contributed by atoms with Gasteiger partial charge in [0.2, 0.25) is 5.91 Å². The van der Waals surface area contributed by atoms with Crippen molar-refractivity contribution in [1.82, 2.24) is 10.2 Å². The van der Waals surface area contributed by atoms with Gasteiger partial charge in [0.05, 0.1) is 0 Å². The van der Waals surface area contributed by atoms with Crippen molar-refractivity contribution in [2.75, 3.05) is 12.4 Å². The lowest BCUT2D eigenvalue weighted by atomic mass is 10.4. The van der Waals surface area contributed by atoms with Gasteiger partial charge in [-0.15, -0.1) is 11.6 Å². The molecule has 0 bridgehead atoms. The van der Waals surface area contributed by atoms with Gasteiger partial charge in [0.25, 0.3) is 0 Å². The van der Waals surface area contributed by atoms with Crippen LogP contribution >= 0.6 is 11.6 Å². The van der Waals surface area contributed by atoms with Crippen LogP contribution in [-0.2, 0) is 4.79 Å². The second-order valence-corrected chi connectivity index (χ2v) is 3.68. The molecule has 80 valence electrons. The quantitative estimate of drug-likeness (QED) is 0.724. The highest BCUT2D eigenvalue weighted by molar-refractivity contribution is 6.28. The molecule has 1 aliphatic carbocycles. The van der Waals surface area contributed by atoms with Gasteiger partial charge in [0, 0.05) is 12.6 Å². The molecule has 0 aromatic rings. The average molecular weight is 219 g/mol. The third-order valence-electron chi connectivity index (χ3n) is 2.08. The molecule has 14 heavy (non-hydrogen) atoms. The molecule has 0 atom stereocenters. The van der Waals surface area contributed by atoms with Gasteiger partial charge in [0.15, 0.2) is 0 Å². The minimum atomic E-state index is -0.432. The summed E-state index contributed by atoms with van der Waals surface area (Å²) in [5.74, 6) is -0.602. The Hall–Kier alpha value is -0.770. The van der Waals surface area contributed by atoms with Gasteiger partial charge < -0.3 is 4.90 Å². The van der Waals surface area contributed by atoms with E-state index in [-0.39, 0.29) is 11.9 Å². The molecule has 0 unspecified atom stereocenters. The topological polar surface area (TPSA) is 49.4 Å². The SMILES string of the molecule is CCCN(C(=O)NC(=O)CCl)C1CC1. The number of rotatable bonds is 4. The molecule has 1 saturated carbocycles. The Morgan fingerprint density at radius 2 is 2.14 bits per heavy atom. The summed E-state index contributed by atoms with van der Waals surface area (Å²) in [5.41, 5.74) is 0. The number of amides is 3. The predicted molar refractivity (Wildman–Crippen MR) is 54.3 cm³/mol. The van der Waals surface area contributed by atoms with Crippen molar-refractivity contribution in [2.45, 2.75) is 32.2 Å². The molecular formula is C9H15ClN2O2. The van der Waals surface area contributed by atoms with E-state index in [1.165, 1.54) is 0 Å². The average Bonchev–Trinajstić information content (AvgIpc) is 2.97. The summed E-state index contributed by atoms with van der Waals surface area (Å²) in [6.07, 6.45) is 2.99. The van der Waals surface area contributed by atoms with Crippen molar-refractivity contribution in [3.05, 3.63) is 0 Å². The van der Waals surface area contributed by atoms with Crippen LogP contribution in [0, 0.1) is 0 Å². The highest BCUT2D eigenvalue weighted by Gasteiger charge is 2.32. The molecule has 5 heteroatoms. The molecular weight excluding hydrogens is 204 g/mol. The van der Waals surface area contributed by atoms with Crippen LogP contribution < -0.4 is 5.32 Å². The Labute approximate surface area is 88.6 Å². The van der Waals surface area contributed by atoms with E-state index in [9.17, 15) is 9.59 Å². The van der Waals surface area contributed by atoms with E-state index in [1.54, 1.807) is 4.90 Å². The summed E-state index contributed by atoms with van der Waals surface area (Å²) < 4.78 is 0. The number of nitrogens with one attached hydrogen (secondary N) is 1. The molecule has 0 heterocycles. The Bertz CT molecular complexity index is 229. The Balaban J connectivity index is 2.41. The molecule has 1 rings (SSSR count). The van der Waals surface area contributed by atoms with Crippen LogP contribution in [0.1, 0.15) is 26.2 Å². The second-order valence-electron chi connectivity index (χ2n) is 3.41. The molecule has 1 aliphatic rings. The van der Waals surface area contributed by atoms with Crippen LogP contribution in [0.4, 0.5) is 4.79 Å². The van der Waals surface area contributed by atoms with E-state index >= 15 is 0 Å². The van der Waals surface area contributed by atoms with E-state index in [0.717, 1.165) is 19.3 Å². The molecule has 0 aliphatic heterocycles. The number of carbonyl (C=O) groups is 2. The van der Waals surface area contributed by atoms with Crippen molar-refractivity contribution >= 4 is 23.5 Å². The maximum absolute atomic E-state index is 11.5. The summed E-state index contributed by atoms with van der Waals surface area (Å²) in [4.78, 5) is 24.1. The Morgan fingerprint density at radius 1 is 1.50 bits per heavy atom. The third kappa shape index (κ3) is 3.18. The van der Waals surface area contributed by atoms with Gasteiger partial charge in [-0.2, -0.15) is 0 Å². The standard InChI is InChI=1S/C9H15ClN2O2/c1-2-5-12(7-3-4-7)9(14)11-8(13)6-10/h7H,2-6H2,1H3,(H,11,13,14). The molecule has 0 radical (unpaired) electrons. The van der Waals surface area contributed by atoms with Gasteiger partial charge in [-0.25, -0.2) is 4.79 Å². The molecule has 0 aromatic heterocycles. The van der Waals surface area contributed by atoms with Crippen LogP contribution in [0.25, 0.3) is 0 Å². The number of halogens is 1. The number of urea groups is 1. The van der Waals surface area contributed by atoms with Crippen LogP contribution in [0.3, 0.4) is 0 Å². The molecule has 0 saturated heterocycles. The maximum Gasteiger partial charge on any atom is 0.324 e. The Kier molecular flexibility index (Phi) is 4.20. The minimum absolute atomic E-state index is 0.170. The van der Waals surface area contributed by atoms with Crippen molar-refractivity contribution in [1.29, 1.82) is 0 Å². The first-order chi connectivity index (χ1) is 6.69. The maximum atomic E-state index is 11.5. The monoisotopic (exact) mass is 218 g/mol. The van der Waals surface area contributed by atoms with Gasteiger partial charge in [-0.05, 0) is 19.3 Å². The van der Waals surface area contributed by atoms with Gasteiger partial charge in [0.1, 0.15) is 5.88 Å². The number of imide groups is 1. The summed E-state index contributed by atoms with van der Waals surface area (Å²) in [7, 11) is 0. The number of carbonyl (C=O) groups excluding carboxylic acids is 2. The fraction of sp³-hybridized carbons (Fsp3) is 0.778. The van der Waals surface area contributed by atoms with Gasteiger partial charge in [-0.3, -0.25) is 10.1 Å². The molecule has 1 fully saturated rings. The lowest BCUT2D eigenvalue weighted by Crippen LogP contribution is -2.44. The molecule has 1 N–H and O–H groups in total. The smallest absolute Gasteiger partial charge is 0.321 e. The zero-order chi connectivity index (χ0) is 10.6. The number of alkyl halides is 1. The lowest BCUT2D eigenvalue weighted by Gasteiger charge is -2.21. The van der Waals surface area contributed by atoms with E-state index in [2.05, 4.69) is 5.32 Å². The van der Waals surface area contributed by atoms with E-state index in [0.29, 0.717) is 12.6 Å². The highest BCUT2D eigenvalue weighted by atomic mass is 35.5. The molecule has 0 spiro atoms.